The molecule has 6 nitrogen and oxygen atoms in total. The quantitative estimate of drug-likeness (QED) is 0.771. The Labute approximate surface area is 93.2 Å². The largest absolute Gasteiger partial charge is 0.476 e. The highest BCUT2D eigenvalue weighted by molar-refractivity contribution is 5.84. The predicted molar refractivity (Wildman–Crippen MR) is 54.7 cm³/mol. The van der Waals surface area contributed by atoms with Gasteiger partial charge in [-0.2, -0.15) is 4.98 Å². The Balaban J connectivity index is 2.30. The minimum Gasteiger partial charge on any atom is -0.476 e. The zero-order chi connectivity index (χ0) is 12.2. The summed E-state index contributed by atoms with van der Waals surface area (Å²) in [4.78, 5) is 14.1. The third kappa shape index (κ3) is 4.31. The van der Waals surface area contributed by atoms with Crippen molar-refractivity contribution in [3.63, 3.8) is 0 Å². The van der Waals surface area contributed by atoms with Gasteiger partial charge in [0, 0.05) is 0 Å². The molecule has 90 valence electrons. The van der Waals surface area contributed by atoms with Gasteiger partial charge in [0.05, 0.1) is 12.2 Å². The van der Waals surface area contributed by atoms with Gasteiger partial charge in [0.25, 0.3) is 0 Å². The van der Waals surface area contributed by atoms with Crippen molar-refractivity contribution in [2.24, 2.45) is 0 Å². The van der Waals surface area contributed by atoms with Crippen molar-refractivity contribution in [1.82, 2.24) is 4.98 Å². The molecule has 6 heteroatoms. The lowest BCUT2D eigenvalue weighted by molar-refractivity contribution is -0.0196. The number of carboxylic acids is 1. The Morgan fingerprint density at radius 1 is 1.50 bits per heavy atom. The van der Waals surface area contributed by atoms with Gasteiger partial charge in [-0.05, 0) is 20.8 Å². The van der Waals surface area contributed by atoms with Crippen molar-refractivity contribution >= 4 is 5.97 Å². The molecule has 1 N–H and O–H groups in total. The molecule has 0 aliphatic heterocycles. The fourth-order valence-electron chi connectivity index (χ4n) is 0.899. The van der Waals surface area contributed by atoms with Crippen LogP contribution in [-0.2, 0) is 4.74 Å². The molecule has 1 rings (SSSR count). The van der Waals surface area contributed by atoms with Gasteiger partial charge >= 0.3 is 12.0 Å². The zero-order valence-electron chi connectivity index (χ0n) is 9.52. The second kappa shape index (κ2) is 4.98. The summed E-state index contributed by atoms with van der Waals surface area (Å²) in [5.74, 6) is -1.15. The lowest BCUT2D eigenvalue weighted by Gasteiger charge is -2.18. The van der Waals surface area contributed by atoms with Crippen LogP contribution in [-0.4, -0.2) is 34.9 Å². The molecule has 0 aliphatic rings. The predicted octanol–water partition coefficient (Wildman–Crippen LogP) is 1.57. The first-order valence-corrected chi connectivity index (χ1v) is 4.84. The number of nitrogens with zero attached hydrogens (tertiary/aromatic N) is 1. The van der Waals surface area contributed by atoms with Crippen molar-refractivity contribution in [2.75, 3.05) is 13.2 Å². The average molecular weight is 229 g/mol. The fourth-order valence-corrected chi connectivity index (χ4v) is 0.899. The summed E-state index contributed by atoms with van der Waals surface area (Å²) in [5, 5.41) is 8.57. The van der Waals surface area contributed by atoms with Gasteiger partial charge in [-0.25, -0.2) is 4.79 Å². The number of carboxylic acid groups (broad SMARTS) is 1. The molecule has 0 saturated carbocycles. The van der Waals surface area contributed by atoms with Crippen LogP contribution < -0.4 is 4.74 Å². The lowest BCUT2D eigenvalue weighted by Crippen LogP contribution is -2.22. The maximum absolute atomic E-state index is 10.5. The minimum absolute atomic E-state index is 0.0603. The van der Waals surface area contributed by atoms with Crippen LogP contribution in [0.25, 0.3) is 0 Å². The van der Waals surface area contributed by atoms with Crippen LogP contribution in [0.2, 0.25) is 0 Å². The Morgan fingerprint density at radius 2 is 2.19 bits per heavy atom. The zero-order valence-corrected chi connectivity index (χ0v) is 9.52. The molecule has 0 atom stereocenters. The summed E-state index contributed by atoms with van der Waals surface area (Å²) in [6, 6.07) is 0. The standard InChI is InChI=1S/C10H15NO5/c1-10(2,3)16-5-4-14-9-11-7(6-15-9)8(12)13/h6H,4-5H2,1-3H3,(H,12,13). The van der Waals surface area contributed by atoms with Gasteiger partial charge in [0.15, 0.2) is 5.69 Å². The molecule has 0 bridgehead atoms. The number of oxazole rings is 1. The average Bonchev–Trinajstić information content (AvgIpc) is 2.59. The van der Waals surface area contributed by atoms with E-state index in [2.05, 4.69) is 4.98 Å². The maximum Gasteiger partial charge on any atom is 0.394 e. The lowest BCUT2D eigenvalue weighted by atomic mass is 10.2. The summed E-state index contributed by atoms with van der Waals surface area (Å²) in [6.07, 6.45) is 0.970. The topological polar surface area (TPSA) is 81.8 Å². The SMILES string of the molecule is CC(C)(C)OCCOc1nc(C(=O)O)co1. The first-order chi connectivity index (χ1) is 7.38. The van der Waals surface area contributed by atoms with E-state index in [4.69, 9.17) is 19.0 Å². The van der Waals surface area contributed by atoms with Gasteiger partial charge < -0.3 is 19.0 Å². The number of aromatic nitrogens is 1. The van der Waals surface area contributed by atoms with Crippen LogP contribution in [0.15, 0.2) is 10.7 Å². The smallest absolute Gasteiger partial charge is 0.394 e. The molecule has 0 spiro atoms. The summed E-state index contributed by atoms with van der Waals surface area (Å²) >= 11 is 0. The number of carbonyl (C=O) groups is 1. The molecular formula is C10H15NO5. The first-order valence-electron chi connectivity index (χ1n) is 4.84. The number of hydrogen-bond acceptors (Lipinski definition) is 5. The van der Waals surface area contributed by atoms with Gasteiger partial charge in [-0.15, -0.1) is 0 Å². The molecule has 0 unspecified atom stereocenters. The Hall–Kier alpha value is -1.56. The summed E-state index contributed by atoms with van der Waals surface area (Å²) in [5.41, 5.74) is -0.404. The molecule has 0 saturated heterocycles. The molecule has 0 fully saturated rings. The van der Waals surface area contributed by atoms with E-state index in [1.54, 1.807) is 0 Å². The van der Waals surface area contributed by atoms with Crippen molar-refractivity contribution in [3.05, 3.63) is 12.0 Å². The molecule has 0 aromatic carbocycles. The molecule has 0 radical (unpaired) electrons. The van der Waals surface area contributed by atoms with E-state index in [0.29, 0.717) is 6.61 Å². The number of rotatable bonds is 5. The van der Waals surface area contributed by atoms with E-state index in [1.807, 2.05) is 20.8 Å². The number of hydrogen-bond donors (Lipinski definition) is 1. The molecule has 1 heterocycles. The third-order valence-electron chi connectivity index (χ3n) is 1.55. The summed E-state index contributed by atoms with van der Waals surface area (Å²) in [7, 11) is 0. The van der Waals surface area contributed by atoms with Gasteiger partial charge in [-0.3, -0.25) is 0 Å². The van der Waals surface area contributed by atoms with Crippen LogP contribution in [0.5, 0.6) is 6.08 Å². The number of aromatic carboxylic acids is 1. The van der Waals surface area contributed by atoms with E-state index in [9.17, 15) is 4.79 Å². The van der Waals surface area contributed by atoms with E-state index >= 15 is 0 Å². The molecule has 16 heavy (non-hydrogen) atoms. The Bertz CT molecular complexity index is 352. The summed E-state index contributed by atoms with van der Waals surface area (Å²) in [6.45, 7) is 6.44. The van der Waals surface area contributed by atoms with Crippen LogP contribution in [0.4, 0.5) is 0 Å². The molecule has 1 aromatic heterocycles. The van der Waals surface area contributed by atoms with Crippen LogP contribution in [0.1, 0.15) is 31.3 Å². The normalized spacial score (nSPS) is 11.4. The molecule has 0 aliphatic carbocycles. The van der Waals surface area contributed by atoms with Gasteiger partial charge in [0.1, 0.15) is 12.9 Å². The Morgan fingerprint density at radius 3 is 2.69 bits per heavy atom. The fraction of sp³-hybridized carbons (Fsp3) is 0.600. The molecular weight excluding hydrogens is 214 g/mol. The second-order valence-corrected chi connectivity index (χ2v) is 4.11. The van der Waals surface area contributed by atoms with Crippen LogP contribution in [0, 0.1) is 0 Å². The van der Waals surface area contributed by atoms with E-state index < -0.39 is 5.97 Å². The molecule has 0 amide bonds. The minimum atomic E-state index is -1.15. The van der Waals surface area contributed by atoms with Crippen LogP contribution in [0.3, 0.4) is 0 Å². The van der Waals surface area contributed by atoms with E-state index in [-0.39, 0.29) is 24.0 Å². The Kier molecular flexibility index (Phi) is 3.89. The van der Waals surface area contributed by atoms with Gasteiger partial charge in [-0.1, -0.05) is 0 Å². The van der Waals surface area contributed by atoms with E-state index in [1.165, 1.54) is 0 Å². The summed E-state index contributed by atoms with van der Waals surface area (Å²) < 4.78 is 15.2. The van der Waals surface area contributed by atoms with Crippen molar-refractivity contribution < 1.29 is 23.8 Å². The van der Waals surface area contributed by atoms with E-state index in [0.717, 1.165) is 6.26 Å². The highest BCUT2D eigenvalue weighted by Gasteiger charge is 2.12. The molecule has 1 aromatic rings. The maximum atomic E-state index is 10.5. The monoisotopic (exact) mass is 229 g/mol. The number of ether oxygens (including phenoxy) is 2. The van der Waals surface area contributed by atoms with Gasteiger partial charge in [0.2, 0.25) is 0 Å². The second-order valence-electron chi connectivity index (χ2n) is 4.11. The highest BCUT2D eigenvalue weighted by atomic mass is 16.6. The van der Waals surface area contributed by atoms with Crippen molar-refractivity contribution in [3.8, 4) is 6.08 Å². The highest BCUT2D eigenvalue weighted by Crippen LogP contribution is 2.10. The third-order valence-corrected chi connectivity index (χ3v) is 1.55. The van der Waals surface area contributed by atoms with Crippen molar-refractivity contribution in [1.29, 1.82) is 0 Å². The van der Waals surface area contributed by atoms with Crippen molar-refractivity contribution in [2.45, 2.75) is 26.4 Å². The first kappa shape index (κ1) is 12.5. The van der Waals surface area contributed by atoms with Crippen LogP contribution >= 0.6 is 0 Å².